The lowest BCUT2D eigenvalue weighted by atomic mass is 9.96. The molecule has 1 heteroatoms. The number of aldehydes is 1. The van der Waals surface area contributed by atoms with Crippen molar-refractivity contribution in [2.45, 2.75) is 19.8 Å². The van der Waals surface area contributed by atoms with E-state index in [1.165, 1.54) is 16.7 Å². The maximum atomic E-state index is 10.6. The zero-order valence-corrected chi connectivity index (χ0v) is 11.3. The van der Waals surface area contributed by atoms with Crippen molar-refractivity contribution in [2.24, 2.45) is 0 Å². The monoisotopic (exact) mass is 250 g/mol. The number of hydrogen-bond donors (Lipinski definition) is 0. The van der Waals surface area contributed by atoms with Gasteiger partial charge < -0.3 is 0 Å². The molecule has 2 aromatic carbocycles. The molecule has 0 bridgehead atoms. The molecule has 0 heterocycles. The Balaban J connectivity index is 2.22. The Hall–Kier alpha value is -2.15. The second-order valence-electron chi connectivity index (χ2n) is 4.81. The van der Waals surface area contributed by atoms with Crippen molar-refractivity contribution in [3.63, 3.8) is 0 Å². The zero-order valence-electron chi connectivity index (χ0n) is 11.3. The van der Waals surface area contributed by atoms with Crippen molar-refractivity contribution in [3.05, 3.63) is 71.8 Å². The van der Waals surface area contributed by atoms with Crippen LogP contribution in [0.25, 0.3) is 11.1 Å². The van der Waals surface area contributed by atoms with Gasteiger partial charge in [0, 0.05) is 0 Å². The molecule has 0 fully saturated rings. The Kier molecular flexibility index (Phi) is 4.30. The fraction of sp³-hybridized carbons (Fsp3) is 0.167. The van der Waals surface area contributed by atoms with E-state index >= 15 is 0 Å². The number of hydrogen-bond acceptors (Lipinski definition) is 1. The van der Waals surface area contributed by atoms with Crippen LogP contribution in [0.2, 0.25) is 0 Å². The average molecular weight is 250 g/mol. The minimum absolute atomic E-state index is 0.259. The molecule has 0 aromatic heterocycles. The van der Waals surface area contributed by atoms with Gasteiger partial charge in [-0.05, 0) is 35.1 Å². The maximum Gasteiger partial charge on any atom is 0.145 e. The summed E-state index contributed by atoms with van der Waals surface area (Å²) in [7, 11) is 0. The Morgan fingerprint density at radius 3 is 2.11 bits per heavy atom. The molecule has 2 aromatic rings. The zero-order chi connectivity index (χ0) is 13.7. The van der Waals surface area contributed by atoms with Crippen LogP contribution in [0, 0.1) is 0 Å². The maximum absolute atomic E-state index is 10.6. The van der Waals surface area contributed by atoms with Crippen LogP contribution >= 0.6 is 0 Å². The predicted octanol–water partition coefficient (Wildman–Crippen LogP) is 4.60. The van der Waals surface area contributed by atoms with Gasteiger partial charge in [-0.15, -0.1) is 0 Å². The molecule has 1 nitrogen and oxygen atoms in total. The third kappa shape index (κ3) is 3.41. The molecule has 0 aliphatic heterocycles. The smallest absolute Gasteiger partial charge is 0.145 e. The topological polar surface area (TPSA) is 17.1 Å². The van der Waals surface area contributed by atoms with Gasteiger partial charge in [0.15, 0.2) is 0 Å². The van der Waals surface area contributed by atoms with Crippen LogP contribution in [-0.4, -0.2) is 6.29 Å². The standard InChI is InChI=1S/C18H18O/c1-14(13-19)12-15(2)16-8-10-18(11-9-16)17-6-4-3-5-7-17/h3-13,15H,1-2H3/b14-12+. The first kappa shape index (κ1) is 13.3. The summed E-state index contributed by atoms with van der Waals surface area (Å²) in [6, 6.07) is 18.8. The molecule has 0 saturated carbocycles. The van der Waals surface area contributed by atoms with Crippen molar-refractivity contribution in [1.82, 2.24) is 0 Å². The van der Waals surface area contributed by atoms with Crippen molar-refractivity contribution in [1.29, 1.82) is 0 Å². The summed E-state index contributed by atoms with van der Waals surface area (Å²) >= 11 is 0. The lowest BCUT2D eigenvalue weighted by Crippen LogP contribution is -1.91. The van der Waals surface area contributed by atoms with Gasteiger partial charge in [-0.25, -0.2) is 0 Å². The van der Waals surface area contributed by atoms with Gasteiger partial charge >= 0.3 is 0 Å². The van der Waals surface area contributed by atoms with E-state index in [0.29, 0.717) is 0 Å². The summed E-state index contributed by atoms with van der Waals surface area (Å²) in [6.07, 6.45) is 2.89. The molecule has 0 amide bonds. The molecule has 0 aliphatic rings. The number of benzene rings is 2. The summed E-state index contributed by atoms with van der Waals surface area (Å²) in [4.78, 5) is 10.6. The number of carbonyl (C=O) groups is 1. The van der Waals surface area contributed by atoms with Crippen molar-refractivity contribution < 1.29 is 4.79 Å². The van der Waals surface area contributed by atoms with Crippen LogP contribution in [0.3, 0.4) is 0 Å². The first-order valence-corrected chi connectivity index (χ1v) is 6.49. The normalized spacial score (nSPS) is 13.1. The van der Waals surface area contributed by atoms with E-state index in [0.717, 1.165) is 11.9 Å². The largest absolute Gasteiger partial charge is 0.298 e. The second-order valence-corrected chi connectivity index (χ2v) is 4.81. The van der Waals surface area contributed by atoms with E-state index in [1.54, 1.807) is 0 Å². The molecule has 0 radical (unpaired) electrons. The van der Waals surface area contributed by atoms with E-state index in [9.17, 15) is 4.79 Å². The fourth-order valence-corrected chi connectivity index (χ4v) is 2.14. The van der Waals surface area contributed by atoms with Crippen molar-refractivity contribution in [3.8, 4) is 11.1 Å². The Morgan fingerprint density at radius 2 is 1.53 bits per heavy atom. The summed E-state index contributed by atoms with van der Waals surface area (Å²) in [5.41, 5.74) is 4.44. The van der Waals surface area contributed by atoms with Gasteiger partial charge in [0.25, 0.3) is 0 Å². The van der Waals surface area contributed by atoms with Crippen LogP contribution in [0.5, 0.6) is 0 Å². The van der Waals surface area contributed by atoms with Crippen molar-refractivity contribution in [2.75, 3.05) is 0 Å². The summed E-state index contributed by atoms with van der Waals surface area (Å²) in [6.45, 7) is 3.94. The first-order valence-electron chi connectivity index (χ1n) is 6.49. The number of carbonyl (C=O) groups excluding carboxylic acids is 1. The van der Waals surface area contributed by atoms with E-state index in [1.807, 2.05) is 31.2 Å². The van der Waals surface area contributed by atoms with Gasteiger partial charge in [0.2, 0.25) is 0 Å². The fourth-order valence-electron chi connectivity index (χ4n) is 2.14. The second kappa shape index (κ2) is 6.14. The highest BCUT2D eigenvalue weighted by molar-refractivity contribution is 5.72. The highest BCUT2D eigenvalue weighted by Crippen LogP contribution is 2.23. The summed E-state index contributed by atoms with van der Waals surface area (Å²) < 4.78 is 0. The van der Waals surface area contributed by atoms with Gasteiger partial charge in [-0.2, -0.15) is 0 Å². The molecule has 1 atom stereocenters. The SMILES string of the molecule is C/C(C=O)=C\C(C)c1ccc(-c2ccccc2)cc1. The molecule has 96 valence electrons. The number of allylic oxidation sites excluding steroid dienone is 2. The molecule has 1 unspecified atom stereocenters. The van der Waals surface area contributed by atoms with E-state index in [-0.39, 0.29) is 5.92 Å². The van der Waals surface area contributed by atoms with Crippen LogP contribution in [0.1, 0.15) is 25.3 Å². The number of rotatable bonds is 4. The minimum Gasteiger partial charge on any atom is -0.298 e. The van der Waals surface area contributed by atoms with Crippen LogP contribution < -0.4 is 0 Å². The molecule has 19 heavy (non-hydrogen) atoms. The quantitative estimate of drug-likeness (QED) is 0.572. The molecule has 0 spiro atoms. The molecule has 0 aliphatic carbocycles. The molecule has 2 rings (SSSR count). The van der Waals surface area contributed by atoms with Crippen LogP contribution in [-0.2, 0) is 4.79 Å². The average Bonchev–Trinajstić information content (AvgIpc) is 2.48. The lowest BCUT2D eigenvalue weighted by molar-refractivity contribution is -0.104. The molecular formula is C18H18O. The van der Waals surface area contributed by atoms with Gasteiger partial charge in [-0.3, -0.25) is 4.79 Å². The lowest BCUT2D eigenvalue weighted by Gasteiger charge is -2.09. The Bertz CT molecular complexity index is 564. The van der Waals surface area contributed by atoms with Gasteiger partial charge in [-0.1, -0.05) is 67.6 Å². The van der Waals surface area contributed by atoms with E-state index in [4.69, 9.17) is 0 Å². The molecular weight excluding hydrogens is 232 g/mol. The van der Waals surface area contributed by atoms with E-state index in [2.05, 4.69) is 43.3 Å². The molecule has 0 N–H and O–H groups in total. The van der Waals surface area contributed by atoms with Crippen LogP contribution in [0.4, 0.5) is 0 Å². The van der Waals surface area contributed by atoms with Crippen molar-refractivity contribution >= 4 is 6.29 Å². The third-order valence-electron chi connectivity index (χ3n) is 3.24. The third-order valence-corrected chi connectivity index (χ3v) is 3.24. The highest BCUT2D eigenvalue weighted by Gasteiger charge is 2.03. The minimum atomic E-state index is 0.259. The summed E-state index contributed by atoms with van der Waals surface area (Å²) in [5, 5.41) is 0. The van der Waals surface area contributed by atoms with Gasteiger partial charge in [0.05, 0.1) is 0 Å². The van der Waals surface area contributed by atoms with E-state index < -0.39 is 0 Å². The Labute approximate surface area is 114 Å². The van der Waals surface area contributed by atoms with Crippen LogP contribution in [0.15, 0.2) is 66.2 Å². The molecule has 0 saturated heterocycles. The highest BCUT2D eigenvalue weighted by atomic mass is 16.1. The predicted molar refractivity (Wildman–Crippen MR) is 80.1 cm³/mol. The first-order chi connectivity index (χ1) is 9.20. The summed E-state index contributed by atoms with van der Waals surface area (Å²) in [5.74, 6) is 0.259. The Morgan fingerprint density at radius 1 is 0.947 bits per heavy atom. The van der Waals surface area contributed by atoms with Gasteiger partial charge in [0.1, 0.15) is 6.29 Å².